The Bertz CT molecular complexity index is 1790. The van der Waals surface area contributed by atoms with Crippen LogP contribution in [0.4, 0.5) is 10.1 Å². The molecule has 0 saturated carbocycles. The average molecular weight is 715 g/mol. The predicted octanol–water partition coefficient (Wildman–Crippen LogP) is 7.14. The van der Waals surface area contributed by atoms with Crippen molar-refractivity contribution in [2.24, 2.45) is 5.92 Å². The van der Waals surface area contributed by atoms with Crippen molar-refractivity contribution >= 4 is 50.7 Å². The van der Waals surface area contributed by atoms with Gasteiger partial charge < -0.3 is 15.0 Å². The van der Waals surface area contributed by atoms with Gasteiger partial charge in [-0.15, -0.1) is 0 Å². The first-order valence-electron chi connectivity index (χ1n) is 15.4. The van der Waals surface area contributed by atoms with Gasteiger partial charge in [0.1, 0.15) is 24.2 Å². The number of carbonyl (C=O) groups is 2. The van der Waals surface area contributed by atoms with Crippen molar-refractivity contribution < 1.29 is 27.1 Å². The Morgan fingerprint density at radius 1 is 0.875 bits per heavy atom. The highest BCUT2D eigenvalue weighted by atomic mass is 35.5. The number of benzene rings is 4. The number of sulfonamides is 1. The van der Waals surface area contributed by atoms with E-state index in [2.05, 4.69) is 5.32 Å². The fourth-order valence-corrected chi connectivity index (χ4v) is 6.68. The van der Waals surface area contributed by atoms with Crippen molar-refractivity contribution in [3.05, 3.63) is 124 Å². The Balaban J connectivity index is 1.81. The van der Waals surface area contributed by atoms with E-state index in [9.17, 15) is 22.4 Å². The van der Waals surface area contributed by atoms with E-state index in [1.807, 2.05) is 51.1 Å². The topological polar surface area (TPSA) is 96.0 Å². The molecule has 4 aromatic rings. The molecule has 0 heterocycles. The summed E-state index contributed by atoms with van der Waals surface area (Å²) < 4.78 is 48.5. The summed E-state index contributed by atoms with van der Waals surface area (Å²) in [4.78, 5) is 29.6. The molecule has 0 saturated heterocycles. The largest absolute Gasteiger partial charge is 0.494 e. The first-order valence-corrected chi connectivity index (χ1v) is 17.6. The SMILES string of the molecule is CCOc1ccc(N(CC(=O)N(Cc2ccc(Cl)c(Cl)c2)C(Cc2ccccc2)C(=O)NCC(C)C)S(=O)(=O)c2ccc(F)cc2)cc1. The first-order chi connectivity index (χ1) is 22.9. The molecule has 0 aliphatic heterocycles. The van der Waals surface area contributed by atoms with Crippen LogP contribution in [0.25, 0.3) is 0 Å². The van der Waals surface area contributed by atoms with E-state index in [4.69, 9.17) is 27.9 Å². The molecule has 0 radical (unpaired) electrons. The molecule has 1 N–H and O–H groups in total. The maximum atomic E-state index is 14.6. The molecule has 254 valence electrons. The van der Waals surface area contributed by atoms with Gasteiger partial charge in [-0.05, 0) is 84.6 Å². The maximum Gasteiger partial charge on any atom is 0.264 e. The highest BCUT2D eigenvalue weighted by molar-refractivity contribution is 7.92. The van der Waals surface area contributed by atoms with Gasteiger partial charge in [0.2, 0.25) is 11.8 Å². The van der Waals surface area contributed by atoms with E-state index in [1.165, 1.54) is 17.0 Å². The lowest BCUT2D eigenvalue weighted by molar-refractivity contribution is -0.140. The third kappa shape index (κ3) is 9.71. The van der Waals surface area contributed by atoms with E-state index in [0.29, 0.717) is 29.5 Å². The van der Waals surface area contributed by atoms with Gasteiger partial charge in [-0.25, -0.2) is 12.8 Å². The van der Waals surface area contributed by atoms with Gasteiger partial charge in [-0.3, -0.25) is 13.9 Å². The van der Waals surface area contributed by atoms with E-state index >= 15 is 0 Å². The minimum atomic E-state index is -4.40. The van der Waals surface area contributed by atoms with Gasteiger partial charge in [0, 0.05) is 19.5 Å². The Hall–Kier alpha value is -4.12. The fraction of sp³-hybridized carbons (Fsp3) is 0.278. The molecule has 0 aliphatic carbocycles. The summed E-state index contributed by atoms with van der Waals surface area (Å²) >= 11 is 12.5. The van der Waals surface area contributed by atoms with Crippen molar-refractivity contribution in [2.75, 3.05) is 24.0 Å². The second-order valence-corrected chi connectivity index (χ2v) is 14.2. The van der Waals surface area contributed by atoms with Crippen LogP contribution in [0.1, 0.15) is 31.9 Å². The van der Waals surface area contributed by atoms with E-state index in [-0.39, 0.29) is 34.5 Å². The lowest BCUT2D eigenvalue weighted by atomic mass is 10.0. The number of amides is 2. The Kier molecular flexibility index (Phi) is 12.9. The number of carbonyl (C=O) groups excluding carboxylic acids is 2. The fourth-order valence-electron chi connectivity index (χ4n) is 4.95. The Morgan fingerprint density at radius 3 is 2.15 bits per heavy atom. The predicted molar refractivity (Wildman–Crippen MR) is 187 cm³/mol. The zero-order chi connectivity index (χ0) is 34.8. The van der Waals surface area contributed by atoms with Crippen LogP contribution in [-0.2, 0) is 32.6 Å². The Morgan fingerprint density at radius 2 is 1.54 bits per heavy atom. The summed E-state index contributed by atoms with van der Waals surface area (Å²) in [6.07, 6.45) is 0.158. The molecule has 2 amide bonds. The number of hydrogen-bond acceptors (Lipinski definition) is 5. The summed E-state index contributed by atoms with van der Waals surface area (Å²) in [5.41, 5.74) is 1.56. The summed E-state index contributed by atoms with van der Waals surface area (Å²) in [5.74, 6) is -1.00. The highest BCUT2D eigenvalue weighted by Crippen LogP contribution is 2.28. The van der Waals surface area contributed by atoms with Crippen molar-refractivity contribution in [1.29, 1.82) is 0 Å². The molecule has 0 spiro atoms. The van der Waals surface area contributed by atoms with Gasteiger partial charge in [0.15, 0.2) is 0 Å². The molecule has 48 heavy (non-hydrogen) atoms. The summed E-state index contributed by atoms with van der Waals surface area (Å²) in [5, 5.41) is 3.53. The molecule has 0 aliphatic rings. The van der Waals surface area contributed by atoms with Crippen molar-refractivity contribution in [3.63, 3.8) is 0 Å². The number of nitrogens with zero attached hydrogens (tertiary/aromatic N) is 2. The van der Waals surface area contributed by atoms with E-state index in [0.717, 1.165) is 34.1 Å². The Labute approximate surface area is 291 Å². The van der Waals surface area contributed by atoms with Crippen LogP contribution in [0, 0.1) is 11.7 Å². The lowest BCUT2D eigenvalue weighted by Gasteiger charge is -2.34. The molecule has 4 rings (SSSR count). The number of rotatable bonds is 15. The van der Waals surface area contributed by atoms with Crippen LogP contribution >= 0.6 is 23.2 Å². The summed E-state index contributed by atoms with van der Waals surface area (Å²) in [7, 11) is -4.40. The van der Waals surface area contributed by atoms with Crippen LogP contribution in [-0.4, -0.2) is 50.9 Å². The molecule has 1 atom stereocenters. The smallest absolute Gasteiger partial charge is 0.264 e. The molecule has 0 fully saturated rings. The van der Waals surface area contributed by atoms with Gasteiger partial charge in [0.25, 0.3) is 10.0 Å². The van der Waals surface area contributed by atoms with Crippen molar-refractivity contribution in [1.82, 2.24) is 10.2 Å². The first kappa shape index (κ1) is 36.7. The van der Waals surface area contributed by atoms with Gasteiger partial charge in [0.05, 0.1) is 27.2 Å². The molecule has 0 aromatic heterocycles. The third-order valence-corrected chi connectivity index (χ3v) is 9.94. The minimum absolute atomic E-state index is 0.0734. The molecule has 8 nitrogen and oxygen atoms in total. The summed E-state index contributed by atoms with van der Waals surface area (Å²) in [6.45, 7) is 5.77. The van der Waals surface area contributed by atoms with E-state index in [1.54, 1.807) is 30.3 Å². The number of halogens is 3. The lowest BCUT2D eigenvalue weighted by Crippen LogP contribution is -2.53. The molecule has 1 unspecified atom stereocenters. The number of nitrogens with one attached hydrogen (secondary N) is 1. The number of anilines is 1. The highest BCUT2D eigenvalue weighted by Gasteiger charge is 2.35. The normalized spacial score (nSPS) is 12.0. The molecular formula is C36H38Cl2FN3O5S. The van der Waals surface area contributed by atoms with Crippen LogP contribution in [0.3, 0.4) is 0 Å². The maximum absolute atomic E-state index is 14.6. The number of hydrogen-bond donors (Lipinski definition) is 1. The zero-order valence-corrected chi connectivity index (χ0v) is 29.2. The molecule has 12 heteroatoms. The van der Waals surface area contributed by atoms with Gasteiger partial charge in [-0.1, -0.05) is 73.4 Å². The number of ether oxygens (including phenoxy) is 1. The molecule has 0 bridgehead atoms. The molecule has 4 aromatic carbocycles. The quantitative estimate of drug-likeness (QED) is 0.141. The van der Waals surface area contributed by atoms with Crippen molar-refractivity contribution in [3.8, 4) is 5.75 Å². The van der Waals surface area contributed by atoms with Crippen LogP contribution in [0.15, 0.2) is 102 Å². The van der Waals surface area contributed by atoms with Gasteiger partial charge >= 0.3 is 0 Å². The van der Waals surface area contributed by atoms with Crippen LogP contribution in [0.2, 0.25) is 10.0 Å². The van der Waals surface area contributed by atoms with Crippen LogP contribution < -0.4 is 14.4 Å². The van der Waals surface area contributed by atoms with Gasteiger partial charge in [-0.2, -0.15) is 0 Å². The average Bonchev–Trinajstić information content (AvgIpc) is 3.06. The zero-order valence-electron chi connectivity index (χ0n) is 26.9. The van der Waals surface area contributed by atoms with E-state index < -0.39 is 40.2 Å². The third-order valence-electron chi connectivity index (χ3n) is 7.41. The minimum Gasteiger partial charge on any atom is -0.494 e. The summed E-state index contributed by atoms with van der Waals surface area (Å²) in [6, 6.07) is 23.7. The standard InChI is InChI=1S/C36H38Cl2FN3O5S/c1-4-47-30-15-13-29(14-16-30)42(48(45,46)31-17-11-28(39)12-18-31)24-35(43)41(23-27-10-19-32(37)33(38)20-27)34(36(44)40-22-25(2)3)21-26-8-6-5-7-9-26/h5-20,25,34H,4,21-24H2,1-3H3,(H,40,44). The van der Waals surface area contributed by atoms with Crippen LogP contribution in [0.5, 0.6) is 5.75 Å². The second-order valence-electron chi connectivity index (χ2n) is 11.5. The van der Waals surface area contributed by atoms with Crippen molar-refractivity contribution in [2.45, 2.75) is 44.7 Å². The monoisotopic (exact) mass is 713 g/mol. The molecular weight excluding hydrogens is 676 g/mol. The second kappa shape index (κ2) is 16.8.